The molecule has 18 heavy (non-hydrogen) atoms. The first-order chi connectivity index (χ1) is 8.67. The molecule has 0 bridgehead atoms. The Morgan fingerprint density at radius 3 is 2.50 bits per heavy atom. The van der Waals surface area contributed by atoms with Crippen LogP contribution in [0.1, 0.15) is 39.8 Å². The molecule has 0 aliphatic carbocycles. The summed E-state index contributed by atoms with van der Waals surface area (Å²) in [6, 6.07) is 10.4. The van der Waals surface area contributed by atoms with Crippen molar-refractivity contribution < 1.29 is 4.79 Å². The molecule has 0 aliphatic heterocycles. The van der Waals surface area contributed by atoms with Crippen molar-refractivity contribution in [2.75, 3.05) is 0 Å². The van der Waals surface area contributed by atoms with Gasteiger partial charge < -0.3 is 4.57 Å². The van der Waals surface area contributed by atoms with Gasteiger partial charge in [-0.1, -0.05) is 31.2 Å². The van der Waals surface area contributed by atoms with Gasteiger partial charge in [0.1, 0.15) is 0 Å². The maximum atomic E-state index is 11.3. The molecule has 0 radical (unpaired) electrons. The Labute approximate surface area is 108 Å². The average Bonchev–Trinajstić information content (AvgIpc) is 2.68. The summed E-state index contributed by atoms with van der Waals surface area (Å²) in [5.41, 5.74) is 5.63. The van der Waals surface area contributed by atoms with Crippen LogP contribution in [0.2, 0.25) is 0 Å². The van der Waals surface area contributed by atoms with E-state index in [9.17, 15) is 4.79 Å². The number of nitrogens with zero attached hydrogens (tertiary/aromatic N) is 1. The largest absolute Gasteiger partial charge is 0.338 e. The molecule has 1 aromatic carbocycles. The van der Waals surface area contributed by atoms with Gasteiger partial charge in [-0.3, -0.25) is 4.79 Å². The molecule has 94 valence electrons. The standard InChI is InChI=1S/C16H19NO/c1-4-14-9-13(3)17(16(14)11-18)10-15-8-6-5-7-12(15)2/h5-9,11H,4,10H2,1-3H3. The highest BCUT2D eigenvalue weighted by Crippen LogP contribution is 2.18. The summed E-state index contributed by atoms with van der Waals surface area (Å²) >= 11 is 0. The fourth-order valence-corrected chi connectivity index (χ4v) is 2.36. The summed E-state index contributed by atoms with van der Waals surface area (Å²) in [5.74, 6) is 0. The Morgan fingerprint density at radius 2 is 1.89 bits per heavy atom. The molecule has 0 spiro atoms. The number of carbonyl (C=O) groups is 1. The summed E-state index contributed by atoms with van der Waals surface area (Å²) in [4.78, 5) is 11.3. The number of rotatable bonds is 4. The highest BCUT2D eigenvalue weighted by atomic mass is 16.1. The van der Waals surface area contributed by atoms with Crippen LogP contribution in [0, 0.1) is 13.8 Å². The number of aromatic nitrogens is 1. The summed E-state index contributed by atoms with van der Waals surface area (Å²) in [6.07, 6.45) is 1.87. The van der Waals surface area contributed by atoms with Crippen LogP contribution in [0.25, 0.3) is 0 Å². The fourth-order valence-electron chi connectivity index (χ4n) is 2.36. The lowest BCUT2D eigenvalue weighted by Crippen LogP contribution is -2.07. The minimum atomic E-state index is 0.770. The number of aldehydes is 1. The lowest BCUT2D eigenvalue weighted by Gasteiger charge is -2.11. The Hall–Kier alpha value is -1.83. The summed E-state index contributed by atoms with van der Waals surface area (Å²) in [7, 11) is 0. The maximum absolute atomic E-state index is 11.3. The third-order valence-corrected chi connectivity index (χ3v) is 3.51. The minimum Gasteiger partial charge on any atom is -0.338 e. The molecule has 2 heteroatoms. The van der Waals surface area contributed by atoms with Gasteiger partial charge in [-0.2, -0.15) is 0 Å². The number of benzene rings is 1. The minimum absolute atomic E-state index is 0.770. The Balaban J connectivity index is 2.43. The first-order valence-electron chi connectivity index (χ1n) is 6.36. The monoisotopic (exact) mass is 241 g/mol. The topological polar surface area (TPSA) is 22.0 Å². The Bertz CT molecular complexity index is 566. The first-order valence-corrected chi connectivity index (χ1v) is 6.36. The van der Waals surface area contributed by atoms with Gasteiger partial charge in [0, 0.05) is 12.2 Å². The normalized spacial score (nSPS) is 10.6. The molecule has 0 N–H and O–H groups in total. The third kappa shape index (κ3) is 2.23. The number of carbonyl (C=O) groups excluding carboxylic acids is 1. The molecule has 2 rings (SSSR count). The summed E-state index contributed by atoms with van der Waals surface area (Å²) in [5, 5.41) is 0. The second-order valence-electron chi connectivity index (χ2n) is 4.68. The molecule has 0 atom stereocenters. The van der Waals surface area contributed by atoms with Crippen molar-refractivity contribution in [1.29, 1.82) is 0 Å². The van der Waals surface area contributed by atoms with Crippen LogP contribution in [0.3, 0.4) is 0 Å². The average molecular weight is 241 g/mol. The van der Waals surface area contributed by atoms with Gasteiger partial charge >= 0.3 is 0 Å². The smallest absolute Gasteiger partial charge is 0.166 e. The van der Waals surface area contributed by atoms with E-state index in [1.54, 1.807) is 0 Å². The van der Waals surface area contributed by atoms with E-state index < -0.39 is 0 Å². The van der Waals surface area contributed by atoms with E-state index in [-0.39, 0.29) is 0 Å². The second kappa shape index (κ2) is 5.21. The van der Waals surface area contributed by atoms with Crippen molar-refractivity contribution in [1.82, 2.24) is 4.57 Å². The van der Waals surface area contributed by atoms with Gasteiger partial charge in [-0.05, 0) is 43.0 Å². The van der Waals surface area contributed by atoms with Crippen molar-refractivity contribution in [3.05, 3.63) is 58.4 Å². The number of aryl methyl sites for hydroxylation is 3. The van der Waals surface area contributed by atoms with Gasteiger partial charge in [-0.15, -0.1) is 0 Å². The first kappa shape index (κ1) is 12.6. The van der Waals surface area contributed by atoms with E-state index in [4.69, 9.17) is 0 Å². The maximum Gasteiger partial charge on any atom is 0.166 e. The molecule has 2 aromatic rings. The zero-order valence-electron chi connectivity index (χ0n) is 11.2. The molecule has 2 nitrogen and oxygen atoms in total. The van der Waals surface area contributed by atoms with Crippen LogP contribution >= 0.6 is 0 Å². The van der Waals surface area contributed by atoms with E-state index in [1.165, 1.54) is 11.1 Å². The Morgan fingerprint density at radius 1 is 1.17 bits per heavy atom. The van der Waals surface area contributed by atoms with E-state index >= 15 is 0 Å². The van der Waals surface area contributed by atoms with Crippen molar-refractivity contribution in [2.45, 2.75) is 33.7 Å². The van der Waals surface area contributed by atoms with Crippen molar-refractivity contribution in [2.24, 2.45) is 0 Å². The van der Waals surface area contributed by atoms with Crippen LogP contribution in [-0.2, 0) is 13.0 Å². The predicted molar refractivity (Wildman–Crippen MR) is 74.2 cm³/mol. The molecule has 0 saturated heterocycles. The highest BCUT2D eigenvalue weighted by molar-refractivity contribution is 5.75. The van der Waals surface area contributed by atoms with Gasteiger partial charge in [0.2, 0.25) is 0 Å². The van der Waals surface area contributed by atoms with Crippen molar-refractivity contribution >= 4 is 6.29 Å². The van der Waals surface area contributed by atoms with Crippen molar-refractivity contribution in [3.8, 4) is 0 Å². The van der Waals surface area contributed by atoms with E-state index in [0.29, 0.717) is 0 Å². The second-order valence-corrected chi connectivity index (χ2v) is 4.68. The molecule has 0 saturated carbocycles. The number of hydrogen-bond donors (Lipinski definition) is 0. The highest BCUT2D eigenvalue weighted by Gasteiger charge is 2.11. The lowest BCUT2D eigenvalue weighted by molar-refractivity contribution is 0.111. The quantitative estimate of drug-likeness (QED) is 0.751. The van der Waals surface area contributed by atoms with E-state index in [1.807, 2.05) is 12.1 Å². The Kier molecular flexibility index (Phi) is 3.66. The molecule has 1 heterocycles. The fraction of sp³-hybridized carbons (Fsp3) is 0.312. The van der Waals surface area contributed by atoms with Gasteiger partial charge in [0.15, 0.2) is 6.29 Å². The van der Waals surface area contributed by atoms with Crippen LogP contribution in [0.15, 0.2) is 30.3 Å². The zero-order valence-corrected chi connectivity index (χ0v) is 11.2. The van der Waals surface area contributed by atoms with Crippen LogP contribution < -0.4 is 0 Å². The van der Waals surface area contributed by atoms with Crippen LogP contribution in [-0.4, -0.2) is 10.9 Å². The van der Waals surface area contributed by atoms with Gasteiger partial charge in [-0.25, -0.2) is 0 Å². The summed E-state index contributed by atoms with van der Waals surface area (Å²) < 4.78 is 2.11. The molecular weight excluding hydrogens is 222 g/mol. The number of hydrogen-bond acceptors (Lipinski definition) is 1. The van der Waals surface area contributed by atoms with Gasteiger partial charge in [0.05, 0.1) is 5.69 Å². The van der Waals surface area contributed by atoms with Gasteiger partial charge in [0.25, 0.3) is 0 Å². The molecule has 0 aliphatic rings. The summed E-state index contributed by atoms with van der Waals surface area (Å²) in [6.45, 7) is 7.02. The van der Waals surface area contributed by atoms with E-state index in [0.717, 1.165) is 36.2 Å². The van der Waals surface area contributed by atoms with Crippen LogP contribution in [0.4, 0.5) is 0 Å². The molecule has 0 amide bonds. The lowest BCUT2D eigenvalue weighted by atomic mass is 10.1. The molecule has 1 aromatic heterocycles. The molecule has 0 fully saturated rings. The van der Waals surface area contributed by atoms with Crippen LogP contribution in [0.5, 0.6) is 0 Å². The van der Waals surface area contributed by atoms with Crippen molar-refractivity contribution in [3.63, 3.8) is 0 Å². The molecule has 0 unspecified atom stereocenters. The third-order valence-electron chi connectivity index (χ3n) is 3.51. The SMILES string of the molecule is CCc1cc(C)n(Cc2ccccc2C)c1C=O. The zero-order chi connectivity index (χ0) is 13.1. The van der Waals surface area contributed by atoms with E-state index in [2.05, 4.69) is 43.5 Å². The predicted octanol–water partition coefficient (Wildman–Crippen LogP) is 3.53. The molecular formula is C16H19NO.